The zero-order valence-electron chi connectivity index (χ0n) is 34.4. The predicted molar refractivity (Wildman–Crippen MR) is 268 cm³/mol. The number of hydrogen-bond donors (Lipinski definition) is 0. The number of nitrogens with zero attached hydrogens (tertiary/aromatic N) is 3. The zero-order valence-corrected chi connectivity index (χ0v) is 35.2. The molecule has 64 heavy (non-hydrogen) atoms. The molecule has 0 atom stereocenters. The first kappa shape index (κ1) is 36.4. The molecular weight excluding hydrogens is 799 g/mol. The Labute approximate surface area is 372 Å². The average Bonchev–Trinajstić information content (AvgIpc) is 3.95. The highest BCUT2D eigenvalue weighted by Gasteiger charge is 2.20. The van der Waals surface area contributed by atoms with E-state index in [1.807, 2.05) is 47.7 Å². The van der Waals surface area contributed by atoms with Crippen molar-refractivity contribution in [2.45, 2.75) is 0 Å². The molecule has 0 aliphatic heterocycles. The van der Waals surface area contributed by atoms with Crippen molar-refractivity contribution in [2.24, 2.45) is 0 Å². The lowest BCUT2D eigenvalue weighted by atomic mass is 9.94. The fraction of sp³-hybridized carbons (Fsp3) is 0. The van der Waals surface area contributed by atoms with Gasteiger partial charge in [0.25, 0.3) is 0 Å². The molecule has 9 aromatic carbocycles. The van der Waals surface area contributed by atoms with Crippen LogP contribution in [0.3, 0.4) is 0 Å². The summed E-state index contributed by atoms with van der Waals surface area (Å²) in [4.78, 5) is 15.3. The lowest BCUT2D eigenvalue weighted by Gasteiger charge is -2.12. The normalized spacial score (nSPS) is 11.8. The zero-order chi connectivity index (χ0) is 42.1. The maximum atomic E-state index is 6.75. The van der Waals surface area contributed by atoms with Crippen LogP contribution in [0.2, 0.25) is 0 Å². The van der Waals surface area contributed by atoms with Crippen LogP contribution in [0.15, 0.2) is 217 Å². The van der Waals surface area contributed by atoms with Crippen LogP contribution in [0.25, 0.3) is 131 Å². The standard InChI is InChI=1S/C59H35N3OS/c1-4-15-36(16-5-1)50-35-51(62-59(61-50)38-19-8-3-9-20-38)41-29-31-52-48(34-41)44-26-13-24-42(57(44)63-52)39-21-12-22-40(33-39)43-25-14-27-47-55-53(64-58(43)47)32-30-46-54(55)45-23-10-11-28-49(45)60-56(46)37-17-6-2-7-18-37/h1-35H. The molecule has 0 bridgehead atoms. The van der Waals surface area contributed by atoms with E-state index < -0.39 is 0 Å². The highest BCUT2D eigenvalue weighted by Crippen LogP contribution is 2.47. The van der Waals surface area contributed by atoms with Crippen molar-refractivity contribution < 1.29 is 4.42 Å². The van der Waals surface area contributed by atoms with Crippen LogP contribution in [0.4, 0.5) is 0 Å². The first-order valence-electron chi connectivity index (χ1n) is 21.5. The van der Waals surface area contributed by atoms with E-state index in [4.69, 9.17) is 19.4 Å². The molecule has 4 nitrogen and oxygen atoms in total. The molecule has 0 N–H and O–H groups in total. The number of fused-ring (bicyclic) bond motifs is 10. The minimum absolute atomic E-state index is 0.693. The Kier molecular flexibility index (Phi) is 8.36. The van der Waals surface area contributed by atoms with Gasteiger partial charge in [0.05, 0.1) is 22.6 Å². The molecule has 0 amide bonds. The van der Waals surface area contributed by atoms with Gasteiger partial charge in [0, 0.05) is 74.9 Å². The second-order valence-electron chi connectivity index (χ2n) is 16.3. The summed E-state index contributed by atoms with van der Waals surface area (Å²) >= 11 is 1.87. The molecule has 13 rings (SSSR count). The molecule has 0 saturated heterocycles. The molecular formula is C59H35N3OS. The SMILES string of the molecule is c1ccc(-c2cc(-c3ccc4oc5c(-c6cccc(-c7cccc8c7sc7ccc9c(-c%10ccccc%10)nc%10ccccc%10c9c78)c6)cccc5c4c3)nc(-c3ccccc3)n2)cc1. The third-order valence-electron chi connectivity index (χ3n) is 12.5. The van der Waals surface area contributed by atoms with Crippen molar-refractivity contribution in [3.63, 3.8) is 0 Å². The van der Waals surface area contributed by atoms with Crippen molar-refractivity contribution in [1.29, 1.82) is 0 Å². The third kappa shape index (κ3) is 5.93. The van der Waals surface area contributed by atoms with E-state index in [2.05, 4.69) is 176 Å². The second-order valence-corrected chi connectivity index (χ2v) is 17.3. The number of pyridine rings is 1. The largest absolute Gasteiger partial charge is 0.455 e. The molecule has 0 spiro atoms. The summed E-state index contributed by atoms with van der Waals surface area (Å²) in [5.41, 5.74) is 14.1. The molecule has 4 aromatic heterocycles. The van der Waals surface area contributed by atoms with E-state index in [-0.39, 0.29) is 0 Å². The Hall–Kier alpha value is -8.25. The number of benzene rings is 9. The smallest absolute Gasteiger partial charge is 0.160 e. The summed E-state index contributed by atoms with van der Waals surface area (Å²) in [7, 11) is 0. The van der Waals surface area contributed by atoms with E-state index >= 15 is 0 Å². The molecule has 0 aliphatic carbocycles. The first-order valence-corrected chi connectivity index (χ1v) is 22.3. The maximum Gasteiger partial charge on any atom is 0.160 e. The van der Waals surface area contributed by atoms with E-state index in [9.17, 15) is 0 Å². The van der Waals surface area contributed by atoms with Crippen LogP contribution in [0.5, 0.6) is 0 Å². The highest BCUT2D eigenvalue weighted by atomic mass is 32.1. The summed E-state index contributed by atoms with van der Waals surface area (Å²) in [6.07, 6.45) is 0. The molecule has 5 heteroatoms. The Balaban J connectivity index is 0.935. The average molecular weight is 834 g/mol. The van der Waals surface area contributed by atoms with Gasteiger partial charge in [-0.1, -0.05) is 170 Å². The third-order valence-corrected chi connectivity index (χ3v) is 13.7. The summed E-state index contributed by atoms with van der Waals surface area (Å²) in [5.74, 6) is 0.693. The Morgan fingerprint density at radius 3 is 1.78 bits per heavy atom. The predicted octanol–water partition coefficient (Wildman–Crippen LogP) is 16.4. The molecule has 0 aliphatic rings. The van der Waals surface area contributed by atoms with Crippen molar-refractivity contribution in [1.82, 2.24) is 15.0 Å². The quantitative estimate of drug-likeness (QED) is 0.157. The van der Waals surface area contributed by atoms with Gasteiger partial charge in [0.15, 0.2) is 5.82 Å². The molecule has 0 radical (unpaired) electrons. The fourth-order valence-electron chi connectivity index (χ4n) is 9.48. The van der Waals surface area contributed by atoms with Crippen LogP contribution in [0, 0.1) is 0 Å². The molecule has 0 saturated carbocycles. The molecule has 0 fully saturated rings. The molecule has 298 valence electrons. The van der Waals surface area contributed by atoms with Crippen molar-refractivity contribution >= 4 is 75.1 Å². The summed E-state index contributed by atoms with van der Waals surface area (Å²) in [5, 5.41) is 8.25. The Morgan fingerprint density at radius 1 is 0.359 bits per heavy atom. The monoisotopic (exact) mass is 833 g/mol. The van der Waals surface area contributed by atoms with Crippen molar-refractivity contribution in [3.05, 3.63) is 212 Å². The van der Waals surface area contributed by atoms with Crippen LogP contribution in [-0.2, 0) is 0 Å². The van der Waals surface area contributed by atoms with Gasteiger partial charge in [-0.15, -0.1) is 11.3 Å². The maximum absolute atomic E-state index is 6.75. The van der Waals surface area contributed by atoms with Gasteiger partial charge in [-0.2, -0.15) is 0 Å². The van der Waals surface area contributed by atoms with E-state index in [0.717, 1.165) is 83.5 Å². The number of para-hydroxylation sites is 2. The van der Waals surface area contributed by atoms with Crippen LogP contribution >= 0.6 is 11.3 Å². The summed E-state index contributed by atoms with van der Waals surface area (Å²) in [6.45, 7) is 0. The number of aromatic nitrogens is 3. The molecule has 4 heterocycles. The number of thiophene rings is 1. The van der Waals surface area contributed by atoms with Crippen LogP contribution in [-0.4, -0.2) is 15.0 Å². The van der Waals surface area contributed by atoms with Gasteiger partial charge in [-0.05, 0) is 59.2 Å². The van der Waals surface area contributed by atoms with E-state index in [0.29, 0.717) is 5.82 Å². The van der Waals surface area contributed by atoms with Crippen LogP contribution < -0.4 is 0 Å². The van der Waals surface area contributed by atoms with Crippen molar-refractivity contribution in [3.8, 4) is 67.4 Å². The van der Waals surface area contributed by atoms with Gasteiger partial charge in [-0.3, -0.25) is 0 Å². The molecule has 13 aromatic rings. The van der Waals surface area contributed by atoms with Gasteiger partial charge in [0.1, 0.15) is 11.2 Å². The molecule has 0 unspecified atom stereocenters. The lowest BCUT2D eigenvalue weighted by Crippen LogP contribution is -1.95. The number of rotatable bonds is 6. The van der Waals surface area contributed by atoms with E-state index in [1.165, 1.54) is 41.9 Å². The fourth-order valence-corrected chi connectivity index (χ4v) is 10.7. The topological polar surface area (TPSA) is 51.8 Å². The second kappa shape index (κ2) is 14.7. The van der Waals surface area contributed by atoms with Gasteiger partial charge in [-0.25, -0.2) is 15.0 Å². The minimum Gasteiger partial charge on any atom is -0.455 e. The van der Waals surface area contributed by atoms with Gasteiger partial charge < -0.3 is 4.42 Å². The highest BCUT2D eigenvalue weighted by molar-refractivity contribution is 7.26. The van der Waals surface area contributed by atoms with Crippen LogP contribution in [0.1, 0.15) is 0 Å². The summed E-state index contributed by atoms with van der Waals surface area (Å²) in [6, 6.07) is 74.7. The summed E-state index contributed by atoms with van der Waals surface area (Å²) < 4.78 is 9.29. The van der Waals surface area contributed by atoms with Gasteiger partial charge in [0.2, 0.25) is 0 Å². The first-order chi connectivity index (χ1) is 31.7. The van der Waals surface area contributed by atoms with Gasteiger partial charge >= 0.3 is 0 Å². The number of furan rings is 1. The Morgan fingerprint density at radius 2 is 0.984 bits per heavy atom. The van der Waals surface area contributed by atoms with Crippen molar-refractivity contribution in [2.75, 3.05) is 0 Å². The minimum atomic E-state index is 0.693. The number of hydrogen-bond acceptors (Lipinski definition) is 5. The lowest BCUT2D eigenvalue weighted by molar-refractivity contribution is 0.670. The Bertz CT molecular complexity index is 3890. The van der Waals surface area contributed by atoms with E-state index in [1.54, 1.807) is 0 Å².